The summed E-state index contributed by atoms with van der Waals surface area (Å²) in [6.07, 6.45) is 2.24. The summed E-state index contributed by atoms with van der Waals surface area (Å²) in [7, 11) is 0. The molecule has 1 N–H and O–H groups in total. The van der Waals surface area contributed by atoms with Gasteiger partial charge in [-0.3, -0.25) is 9.59 Å². The predicted molar refractivity (Wildman–Crippen MR) is 71.6 cm³/mol. The van der Waals surface area contributed by atoms with Crippen molar-refractivity contribution in [1.29, 1.82) is 0 Å². The lowest BCUT2D eigenvalue weighted by atomic mass is 9.87. The lowest BCUT2D eigenvalue weighted by molar-refractivity contribution is -0.153. The number of rotatable bonds is 4. The van der Waals surface area contributed by atoms with Crippen molar-refractivity contribution >= 4 is 11.8 Å². The standard InChI is InChI=1S/C14H24N2O3/c1-4-14(5-2)13(18)16(8-12(17)15-14)10(3)11-6-7-19-9-11/h10-11H,4-9H2,1-3H3,(H,15,17). The van der Waals surface area contributed by atoms with Gasteiger partial charge in [-0.25, -0.2) is 0 Å². The minimum absolute atomic E-state index is 0.0472. The Bertz CT molecular complexity index is 360. The number of hydrogen-bond donors (Lipinski definition) is 1. The van der Waals surface area contributed by atoms with Crippen LogP contribution in [0.3, 0.4) is 0 Å². The Hall–Kier alpha value is -1.10. The van der Waals surface area contributed by atoms with E-state index in [1.54, 1.807) is 4.90 Å². The van der Waals surface area contributed by atoms with E-state index in [0.29, 0.717) is 25.4 Å². The van der Waals surface area contributed by atoms with Crippen molar-refractivity contribution in [1.82, 2.24) is 10.2 Å². The van der Waals surface area contributed by atoms with E-state index in [9.17, 15) is 9.59 Å². The highest BCUT2D eigenvalue weighted by Crippen LogP contribution is 2.28. The molecule has 2 atom stereocenters. The average molecular weight is 268 g/mol. The number of piperazine rings is 1. The Morgan fingerprint density at radius 1 is 1.42 bits per heavy atom. The fraction of sp³-hybridized carbons (Fsp3) is 0.857. The molecule has 0 saturated carbocycles. The summed E-state index contributed by atoms with van der Waals surface area (Å²) in [4.78, 5) is 26.4. The molecular formula is C14H24N2O3. The van der Waals surface area contributed by atoms with Gasteiger partial charge in [-0.2, -0.15) is 0 Å². The maximum atomic E-state index is 12.7. The van der Waals surface area contributed by atoms with Crippen molar-refractivity contribution in [2.45, 2.75) is 51.6 Å². The molecule has 0 spiro atoms. The van der Waals surface area contributed by atoms with E-state index in [0.717, 1.165) is 13.0 Å². The largest absolute Gasteiger partial charge is 0.381 e. The number of ether oxygens (including phenoxy) is 1. The van der Waals surface area contributed by atoms with Crippen LogP contribution in [0.4, 0.5) is 0 Å². The Morgan fingerprint density at radius 2 is 2.11 bits per heavy atom. The van der Waals surface area contributed by atoms with Crippen LogP contribution in [-0.4, -0.2) is 48.1 Å². The lowest BCUT2D eigenvalue weighted by Crippen LogP contribution is -2.68. The van der Waals surface area contributed by atoms with Gasteiger partial charge in [0, 0.05) is 18.6 Å². The molecule has 0 aromatic carbocycles. The molecule has 2 rings (SSSR count). The molecule has 0 radical (unpaired) electrons. The Kier molecular flexibility index (Phi) is 4.13. The maximum absolute atomic E-state index is 12.7. The molecule has 108 valence electrons. The van der Waals surface area contributed by atoms with E-state index >= 15 is 0 Å². The molecule has 0 bridgehead atoms. The van der Waals surface area contributed by atoms with E-state index in [-0.39, 0.29) is 24.4 Å². The highest BCUT2D eigenvalue weighted by molar-refractivity contribution is 5.98. The van der Waals surface area contributed by atoms with E-state index in [4.69, 9.17) is 4.74 Å². The molecule has 0 aromatic rings. The van der Waals surface area contributed by atoms with Crippen molar-refractivity contribution < 1.29 is 14.3 Å². The topological polar surface area (TPSA) is 58.6 Å². The predicted octanol–water partition coefficient (Wildman–Crippen LogP) is 0.929. The molecule has 5 nitrogen and oxygen atoms in total. The van der Waals surface area contributed by atoms with Crippen molar-refractivity contribution in [3.8, 4) is 0 Å². The lowest BCUT2D eigenvalue weighted by Gasteiger charge is -2.44. The molecule has 2 saturated heterocycles. The van der Waals surface area contributed by atoms with Gasteiger partial charge in [-0.15, -0.1) is 0 Å². The minimum Gasteiger partial charge on any atom is -0.381 e. The quantitative estimate of drug-likeness (QED) is 0.825. The van der Waals surface area contributed by atoms with E-state index in [2.05, 4.69) is 5.32 Å². The van der Waals surface area contributed by atoms with Crippen LogP contribution in [0.5, 0.6) is 0 Å². The summed E-state index contributed by atoms with van der Waals surface area (Å²) in [6.45, 7) is 7.57. The summed E-state index contributed by atoms with van der Waals surface area (Å²) in [5.74, 6) is 0.367. The Morgan fingerprint density at radius 3 is 2.63 bits per heavy atom. The first-order valence-electron chi connectivity index (χ1n) is 7.24. The third-order valence-electron chi connectivity index (χ3n) is 4.71. The van der Waals surface area contributed by atoms with Crippen molar-refractivity contribution in [2.24, 2.45) is 5.92 Å². The van der Waals surface area contributed by atoms with Crippen molar-refractivity contribution in [3.63, 3.8) is 0 Å². The molecule has 2 unspecified atom stereocenters. The third-order valence-corrected chi connectivity index (χ3v) is 4.71. The first-order valence-corrected chi connectivity index (χ1v) is 7.24. The van der Waals surface area contributed by atoms with Crippen LogP contribution in [-0.2, 0) is 14.3 Å². The van der Waals surface area contributed by atoms with Gasteiger partial charge in [0.15, 0.2) is 0 Å². The Balaban J connectivity index is 2.19. The van der Waals surface area contributed by atoms with Crippen LogP contribution < -0.4 is 5.32 Å². The van der Waals surface area contributed by atoms with Crippen LogP contribution >= 0.6 is 0 Å². The van der Waals surface area contributed by atoms with Crippen LogP contribution in [0.15, 0.2) is 0 Å². The highest BCUT2D eigenvalue weighted by atomic mass is 16.5. The van der Waals surface area contributed by atoms with Gasteiger partial charge < -0.3 is 15.0 Å². The molecule has 2 heterocycles. The van der Waals surface area contributed by atoms with E-state index in [1.165, 1.54) is 0 Å². The average Bonchev–Trinajstić information content (AvgIpc) is 2.94. The minimum atomic E-state index is -0.705. The monoisotopic (exact) mass is 268 g/mol. The van der Waals surface area contributed by atoms with Crippen molar-refractivity contribution in [2.75, 3.05) is 19.8 Å². The summed E-state index contributed by atoms with van der Waals surface area (Å²) >= 11 is 0. The fourth-order valence-corrected chi connectivity index (χ4v) is 3.11. The van der Waals surface area contributed by atoms with E-state index in [1.807, 2.05) is 20.8 Å². The van der Waals surface area contributed by atoms with Gasteiger partial charge in [0.25, 0.3) is 0 Å². The fourth-order valence-electron chi connectivity index (χ4n) is 3.11. The summed E-state index contributed by atoms with van der Waals surface area (Å²) in [5.41, 5.74) is -0.705. The van der Waals surface area contributed by atoms with E-state index < -0.39 is 5.54 Å². The molecule has 0 aliphatic carbocycles. The number of carbonyl (C=O) groups excluding carboxylic acids is 2. The molecule has 0 aromatic heterocycles. The molecule has 5 heteroatoms. The zero-order valence-corrected chi connectivity index (χ0v) is 12.1. The first-order chi connectivity index (χ1) is 9.04. The SMILES string of the molecule is CCC1(CC)NC(=O)CN(C(C)C2CCOC2)C1=O. The smallest absolute Gasteiger partial charge is 0.249 e. The second kappa shape index (κ2) is 5.49. The van der Waals surface area contributed by atoms with Gasteiger partial charge in [0.1, 0.15) is 5.54 Å². The molecular weight excluding hydrogens is 244 g/mol. The van der Waals surface area contributed by atoms with Crippen LogP contribution in [0.2, 0.25) is 0 Å². The normalized spacial score (nSPS) is 28.4. The van der Waals surface area contributed by atoms with Crippen LogP contribution in [0.25, 0.3) is 0 Å². The number of nitrogens with one attached hydrogen (secondary N) is 1. The zero-order valence-electron chi connectivity index (χ0n) is 12.1. The maximum Gasteiger partial charge on any atom is 0.249 e. The zero-order chi connectivity index (χ0) is 14.0. The number of hydrogen-bond acceptors (Lipinski definition) is 3. The summed E-state index contributed by atoms with van der Waals surface area (Å²) < 4.78 is 5.40. The third kappa shape index (κ3) is 2.48. The van der Waals surface area contributed by atoms with Crippen molar-refractivity contribution in [3.05, 3.63) is 0 Å². The number of amides is 2. The second-order valence-electron chi connectivity index (χ2n) is 5.63. The summed E-state index contributed by atoms with van der Waals surface area (Å²) in [5, 5.41) is 2.89. The number of nitrogens with zero attached hydrogens (tertiary/aromatic N) is 1. The van der Waals surface area contributed by atoms with Gasteiger partial charge in [0.2, 0.25) is 11.8 Å². The first kappa shape index (κ1) is 14.3. The van der Waals surface area contributed by atoms with Gasteiger partial charge in [-0.05, 0) is 26.2 Å². The molecule has 2 amide bonds. The second-order valence-corrected chi connectivity index (χ2v) is 5.63. The number of carbonyl (C=O) groups is 2. The van der Waals surface area contributed by atoms with Gasteiger partial charge >= 0.3 is 0 Å². The molecule has 2 aliphatic heterocycles. The molecule has 2 fully saturated rings. The van der Waals surface area contributed by atoms with Crippen LogP contribution in [0.1, 0.15) is 40.0 Å². The molecule has 19 heavy (non-hydrogen) atoms. The highest BCUT2D eigenvalue weighted by Gasteiger charge is 2.46. The van der Waals surface area contributed by atoms with Crippen LogP contribution in [0, 0.1) is 5.92 Å². The Labute approximate surface area is 114 Å². The molecule has 2 aliphatic rings. The van der Waals surface area contributed by atoms with Gasteiger partial charge in [0.05, 0.1) is 13.2 Å². The van der Waals surface area contributed by atoms with Gasteiger partial charge in [-0.1, -0.05) is 13.8 Å². The summed E-state index contributed by atoms with van der Waals surface area (Å²) in [6, 6.07) is 0.0681.